The summed E-state index contributed by atoms with van der Waals surface area (Å²) in [6.45, 7) is 0. The van der Waals surface area contributed by atoms with Gasteiger partial charge in [-0.25, -0.2) is 4.79 Å². The maximum atomic E-state index is 12.9. The summed E-state index contributed by atoms with van der Waals surface area (Å²) in [7, 11) is 0. The number of hydrogen-bond acceptors (Lipinski definition) is 5. The Morgan fingerprint density at radius 2 is 1.74 bits per heavy atom. The second-order valence-corrected chi connectivity index (χ2v) is 6.97. The number of anilines is 2. The largest absolute Gasteiger partial charge is 0.478 e. The van der Waals surface area contributed by atoms with E-state index < -0.39 is 33.3 Å². The minimum atomic E-state index is -4.58. The standard InChI is InChI=1S/C20H10ClF3N2O5/c21-14-5-9(1-3-13(14)20(22,23)24)10-2-4-15-16(6-10)31-17-8-11(26(29)30)7-12(19(27)28)18(17)25-15/h1-8,25H,(H,27,28). The van der Waals surface area contributed by atoms with Crippen molar-refractivity contribution in [2.24, 2.45) is 0 Å². The Bertz CT molecular complexity index is 1260. The second-order valence-electron chi connectivity index (χ2n) is 6.56. The molecule has 1 heterocycles. The van der Waals surface area contributed by atoms with Crippen LogP contribution in [0, 0.1) is 10.1 Å². The van der Waals surface area contributed by atoms with Crippen molar-refractivity contribution in [3.63, 3.8) is 0 Å². The van der Waals surface area contributed by atoms with Gasteiger partial charge in [-0.05, 0) is 35.4 Å². The molecule has 1 aliphatic rings. The molecule has 3 aromatic rings. The Balaban J connectivity index is 1.75. The number of hydrogen-bond donors (Lipinski definition) is 2. The summed E-state index contributed by atoms with van der Waals surface area (Å²) in [4.78, 5) is 21.9. The average molecular weight is 451 g/mol. The third-order valence-electron chi connectivity index (χ3n) is 4.60. The van der Waals surface area contributed by atoms with E-state index in [4.69, 9.17) is 16.3 Å². The van der Waals surface area contributed by atoms with E-state index in [-0.39, 0.29) is 22.7 Å². The number of nitrogens with one attached hydrogen (secondary N) is 1. The number of nitro groups is 1. The zero-order valence-corrected chi connectivity index (χ0v) is 15.9. The fourth-order valence-electron chi connectivity index (χ4n) is 3.15. The summed E-state index contributed by atoms with van der Waals surface area (Å²) in [5, 5.41) is 22.9. The number of carboxylic acids is 1. The van der Waals surface area contributed by atoms with Gasteiger partial charge in [-0.3, -0.25) is 10.1 Å². The molecule has 0 aliphatic carbocycles. The van der Waals surface area contributed by atoms with Gasteiger partial charge in [-0.1, -0.05) is 23.7 Å². The smallest absolute Gasteiger partial charge is 0.417 e. The van der Waals surface area contributed by atoms with Gasteiger partial charge in [0.15, 0.2) is 11.5 Å². The quantitative estimate of drug-likeness (QED) is 0.273. The Morgan fingerprint density at radius 3 is 2.35 bits per heavy atom. The van der Waals surface area contributed by atoms with Crippen LogP contribution in [-0.4, -0.2) is 16.0 Å². The highest BCUT2D eigenvalue weighted by Gasteiger charge is 2.33. The van der Waals surface area contributed by atoms with E-state index in [0.717, 1.165) is 18.2 Å². The predicted molar refractivity (Wildman–Crippen MR) is 105 cm³/mol. The van der Waals surface area contributed by atoms with Crippen LogP contribution in [0.15, 0.2) is 48.5 Å². The van der Waals surface area contributed by atoms with Crippen LogP contribution in [0.1, 0.15) is 15.9 Å². The first kappa shape index (κ1) is 20.5. The summed E-state index contributed by atoms with van der Waals surface area (Å²) in [6, 6.07) is 9.94. The molecule has 31 heavy (non-hydrogen) atoms. The Labute approximate surface area is 176 Å². The molecule has 0 fully saturated rings. The Morgan fingerprint density at radius 1 is 1.06 bits per heavy atom. The van der Waals surface area contributed by atoms with Crippen molar-refractivity contribution in [2.45, 2.75) is 6.18 Å². The number of aromatic carboxylic acids is 1. The molecule has 1 aliphatic heterocycles. The average Bonchev–Trinajstić information content (AvgIpc) is 2.69. The molecule has 11 heteroatoms. The molecule has 3 aromatic carbocycles. The van der Waals surface area contributed by atoms with E-state index >= 15 is 0 Å². The molecular formula is C20H10ClF3N2O5. The molecule has 0 saturated heterocycles. The number of nitro benzene ring substituents is 1. The van der Waals surface area contributed by atoms with E-state index in [0.29, 0.717) is 16.8 Å². The van der Waals surface area contributed by atoms with E-state index in [1.165, 1.54) is 18.2 Å². The number of non-ortho nitro benzene ring substituents is 1. The van der Waals surface area contributed by atoms with Crippen LogP contribution in [0.5, 0.6) is 11.5 Å². The highest BCUT2D eigenvalue weighted by atomic mass is 35.5. The lowest BCUT2D eigenvalue weighted by molar-refractivity contribution is -0.384. The predicted octanol–water partition coefficient (Wildman–Crippen LogP) is 6.48. The SMILES string of the molecule is O=C(O)c1cc([N+](=O)[O-])cc2c1Nc1ccc(-c3ccc(C(F)(F)F)c(Cl)c3)cc1O2. The van der Waals surface area contributed by atoms with Gasteiger partial charge in [0, 0.05) is 6.07 Å². The lowest BCUT2D eigenvalue weighted by atomic mass is 10.0. The number of rotatable bonds is 3. The van der Waals surface area contributed by atoms with Gasteiger partial charge in [-0.15, -0.1) is 0 Å². The molecule has 4 rings (SSSR count). The van der Waals surface area contributed by atoms with Crippen LogP contribution in [-0.2, 0) is 6.18 Å². The first-order chi connectivity index (χ1) is 14.5. The van der Waals surface area contributed by atoms with Crippen LogP contribution in [0.25, 0.3) is 11.1 Å². The van der Waals surface area contributed by atoms with Crippen molar-refractivity contribution in [2.75, 3.05) is 5.32 Å². The summed E-state index contributed by atoms with van der Waals surface area (Å²) in [5.41, 5.74) is -0.470. The maximum absolute atomic E-state index is 12.9. The van der Waals surface area contributed by atoms with Gasteiger partial charge >= 0.3 is 12.1 Å². The Kier molecular flexibility index (Phi) is 4.74. The van der Waals surface area contributed by atoms with E-state index in [9.17, 15) is 33.2 Å². The van der Waals surface area contributed by atoms with Crippen LogP contribution >= 0.6 is 11.6 Å². The van der Waals surface area contributed by atoms with Crippen LogP contribution in [0.4, 0.5) is 30.2 Å². The third-order valence-corrected chi connectivity index (χ3v) is 4.91. The molecule has 0 aromatic heterocycles. The van der Waals surface area contributed by atoms with Crippen molar-refractivity contribution in [1.82, 2.24) is 0 Å². The zero-order chi connectivity index (χ0) is 22.5. The molecular weight excluding hydrogens is 441 g/mol. The summed E-state index contributed by atoms with van der Waals surface area (Å²) in [6.07, 6.45) is -4.58. The van der Waals surface area contributed by atoms with Crippen molar-refractivity contribution in [3.8, 4) is 22.6 Å². The minimum absolute atomic E-state index is 0.0518. The van der Waals surface area contributed by atoms with Gasteiger partial charge in [0.1, 0.15) is 0 Å². The van der Waals surface area contributed by atoms with E-state index in [2.05, 4.69) is 5.32 Å². The number of carboxylic acid groups (broad SMARTS) is 1. The minimum Gasteiger partial charge on any atom is -0.478 e. The van der Waals surface area contributed by atoms with Gasteiger partial charge in [0.2, 0.25) is 0 Å². The number of nitrogens with zero attached hydrogens (tertiary/aromatic N) is 1. The molecule has 0 saturated carbocycles. The first-order valence-electron chi connectivity index (χ1n) is 8.56. The molecule has 0 radical (unpaired) electrons. The number of fused-ring (bicyclic) bond motifs is 2. The summed E-state index contributed by atoms with van der Waals surface area (Å²) in [5.74, 6) is -1.24. The monoisotopic (exact) mass is 450 g/mol. The van der Waals surface area contributed by atoms with E-state index in [1.54, 1.807) is 12.1 Å². The highest BCUT2D eigenvalue weighted by Crippen LogP contribution is 2.47. The first-order valence-corrected chi connectivity index (χ1v) is 8.94. The molecule has 0 amide bonds. The van der Waals surface area contributed by atoms with Gasteiger partial charge in [0.05, 0.1) is 38.5 Å². The van der Waals surface area contributed by atoms with Gasteiger partial charge in [0.25, 0.3) is 5.69 Å². The van der Waals surface area contributed by atoms with Crippen molar-refractivity contribution >= 4 is 34.6 Å². The molecule has 0 atom stereocenters. The summed E-state index contributed by atoms with van der Waals surface area (Å²) >= 11 is 5.79. The molecule has 2 N–H and O–H groups in total. The fraction of sp³-hybridized carbons (Fsp3) is 0.0500. The molecule has 0 unspecified atom stereocenters. The number of benzene rings is 3. The van der Waals surface area contributed by atoms with Gasteiger partial charge < -0.3 is 15.2 Å². The Hall–Kier alpha value is -3.79. The number of alkyl halides is 3. The summed E-state index contributed by atoms with van der Waals surface area (Å²) < 4.78 is 44.5. The second kappa shape index (κ2) is 7.17. The topological polar surface area (TPSA) is 102 Å². The number of carbonyl (C=O) groups is 1. The van der Waals surface area contributed by atoms with Crippen LogP contribution < -0.4 is 10.1 Å². The number of ether oxygens (including phenoxy) is 1. The molecule has 7 nitrogen and oxygen atoms in total. The zero-order valence-electron chi connectivity index (χ0n) is 15.2. The van der Waals surface area contributed by atoms with Crippen molar-refractivity contribution in [1.29, 1.82) is 0 Å². The van der Waals surface area contributed by atoms with E-state index in [1.807, 2.05) is 0 Å². The molecule has 158 valence electrons. The van der Waals surface area contributed by atoms with Crippen molar-refractivity contribution < 1.29 is 32.7 Å². The number of halogens is 4. The van der Waals surface area contributed by atoms with Crippen LogP contribution in [0.2, 0.25) is 5.02 Å². The third kappa shape index (κ3) is 3.73. The van der Waals surface area contributed by atoms with Gasteiger partial charge in [-0.2, -0.15) is 13.2 Å². The lowest BCUT2D eigenvalue weighted by Crippen LogP contribution is -2.10. The van der Waals surface area contributed by atoms with Crippen molar-refractivity contribution in [3.05, 3.63) is 74.8 Å². The molecule has 0 spiro atoms. The molecule has 0 bridgehead atoms. The fourth-order valence-corrected chi connectivity index (χ4v) is 3.44. The highest BCUT2D eigenvalue weighted by molar-refractivity contribution is 6.31. The van der Waals surface area contributed by atoms with Crippen LogP contribution in [0.3, 0.4) is 0 Å². The maximum Gasteiger partial charge on any atom is 0.417 e. The normalized spacial score (nSPS) is 12.3. The lowest BCUT2D eigenvalue weighted by Gasteiger charge is -2.23.